The number of nitrogens with one attached hydrogen (secondary N) is 1. The van der Waals surface area contributed by atoms with Crippen LogP contribution in [0.25, 0.3) is 6.08 Å². The molecule has 0 atom stereocenters. The third kappa shape index (κ3) is 5.64. The predicted molar refractivity (Wildman–Crippen MR) is 104 cm³/mol. The third-order valence-corrected chi connectivity index (χ3v) is 3.53. The predicted octanol–water partition coefficient (Wildman–Crippen LogP) is 3.26. The molecule has 0 saturated carbocycles. The van der Waals surface area contributed by atoms with Crippen LogP contribution in [0.5, 0.6) is 0 Å². The van der Waals surface area contributed by atoms with Crippen molar-refractivity contribution >= 4 is 29.6 Å². The molecule has 1 aromatic heterocycles. The number of hydrogen-bond donors (Lipinski definition) is 2. The number of carbonyl (C=O) groups is 1. The summed E-state index contributed by atoms with van der Waals surface area (Å²) < 4.78 is 5.18. The molecule has 0 unspecified atom stereocenters. The van der Waals surface area contributed by atoms with Crippen molar-refractivity contribution in [2.75, 3.05) is 11.1 Å². The van der Waals surface area contributed by atoms with Gasteiger partial charge in [0.15, 0.2) is 12.4 Å². The second-order valence-corrected chi connectivity index (χ2v) is 5.78. The second-order valence-electron chi connectivity index (χ2n) is 5.78. The molecular formula is C20H19N5O2. The Morgan fingerprint density at radius 2 is 1.93 bits per heavy atom. The number of ether oxygens (including phenoxy) is 1. The van der Waals surface area contributed by atoms with E-state index < -0.39 is 5.97 Å². The van der Waals surface area contributed by atoms with E-state index in [1.54, 1.807) is 6.08 Å². The summed E-state index contributed by atoms with van der Waals surface area (Å²) in [5.41, 5.74) is 8.56. The summed E-state index contributed by atoms with van der Waals surface area (Å²) in [6.45, 7) is 1.88. The molecule has 3 rings (SSSR count). The zero-order chi connectivity index (χ0) is 19.1. The number of nitrogen functional groups attached to an aromatic ring is 1. The van der Waals surface area contributed by atoms with E-state index >= 15 is 0 Å². The Hall–Kier alpha value is -3.74. The molecule has 3 aromatic rings. The number of benzene rings is 2. The van der Waals surface area contributed by atoms with Crippen LogP contribution in [0.1, 0.15) is 17.0 Å². The minimum absolute atomic E-state index is 0.0461. The number of carbonyl (C=O) groups excluding carboxylic acids is 1. The number of para-hydroxylation sites is 1. The lowest BCUT2D eigenvalue weighted by atomic mass is 10.1. The van der Waals surface area contributed by atoms with Crippen molar-refractivity contribution in [3.8, 4) is 0 Å². The summed E-state index contributed by atoms with van der Waals surface area (Å²) in [6, 6.07) is 17.2. The monoisotopic (exact) mass is 361 g/mol. The van der Waals surface area contributed by atoms with Crippen LogP contribution in [-0.4, -0.2) is 20.9 Å². The molecule has 3 N–H and O–H groups in total. The van der Waals surface area contributed by atoms with Crippen LogP contribution in [0.3, 0.4) is 0 Å². The highest BCUT2D eigenvalue weighted by molar-refractivity contribution is 5.87. The molecule has 7 heteroatoms. The number of esters is 1. The summed E-state index contributed by atoms with van der Waals surface area (Å²) in [5, 5.41) is 3.03. The number of rotatable bonds is 6. The van der Waals surface area contributed by atoms with Gasteiger partial charge in [0.25, 0.3) is 0 Å². The van der Waals surface area contributed by atoms with E-state index in [9.17, 15) is 4.79 Å². The summed E-state index contributed by atoms with van der Waals surface area (Å²) in [5.74, 6) is 0.103. The summed E-state index contributed by atoms with van der Waals surface area (Å²) in [4.78, 5) is 24.1. The minimum Gasteiger partial charge on any atom is -0.454 e. The van der Waals surface area contributed by atoms with Crippen molar-refractivity contribution in [1.82, 2.24) is 15.0 Å². The van der Waals surface area contributed by atoms with Gasteiger partial charge in [0.2, 0.25) is 11.9 Å². The molecule has 7 nitrogen and oxygen atoms in total. The molecule has 0 aliphatic carbocycles. The van der Waals surface area contributed by atoms with Crippen LogP contribution in [0.15, 0.2) is 60.7 Å². The first-order valence-electron chi connectivity index (χ1n) is 8.32. The van der Waals surface area contributed by atoms with E-state index in [2.05, 4.69) is 20.3 Å². The van der Waals surface area contributed by atoms with Gasteiger partial charge >= 0.3 is 5.97 Å². The molecule has 2 aromatic carbocycles. The zero-order valence-electron chi connectivity index (χ0n) is 14.8. The molecular weight excluding hydrogens is 342 g/mol. The number of aromatic nitrogens is 3. The average Bonchev–Trinajstić information content (AvgIpc) is 2.65. The van der Waals surface area contributed by atoms with Gasteiger partial charge in [0, 0.05) is 11.8 Å². The Balaban J connectivity index is 1.61. The molecule has 1 heterocycles. The van der Waals surface area contributed by atoms with Gasteiger partial charge in [0.1, 0.15) is 0 Å². The first-order valence-corrected chi connectivity index (χ1v) is 8.32. The number of nitrogens with two attached hydrogens (primary N) is 1. The largest absolute Gasteiger partial charge is 0.454 e. The highest BCUT2D eigenvalue weighted by Crippen LogP contribution is 2.13. The Bertz CT molecular complexity index is 958. The van der Waals surface area contributed by atoms with Gasteiger partial charge in [-0.1, -0.05) is 48.0 Å². The van der Waals surface area contributed by atoms with Crippen molar-refractivity contribution in [1.29, 1.82) is 0 Å². The lowest BCUT2D eigenvalue weighted by Gasteiger charge is -2.07. The van der Waals surface area contributed by atoms with E-state index in [0.717, 1.165) is 16.8 Å². The summed E-state index contributed by atoms with van der Waals surface area (Å²) in [6.07, 6.45) is 3.06. The molecule has 0 radical (unpaired) electrons. The fourth-order valence-electron chi connectivity index (χ4n) is 2.33. The van der Waals surface area contributed by atoms with Crippen LogP contribution in [0.2, 0.25) is 0 Å². The van der Waals surface area contributed by atoms with Crippen molar-refractivity contribution in [3.05, 3.63) is 77.6 Å². The van der Waals surface area contributed by atoms with Crippen LogP contribution in [0, 0.1) is 6.92 Å². The Morgan fingerprint density at radius 1 is 1.11 bits per heavy atom. The number of hydrogen-bond acceptors (Lipinski definition) is 7. The second kappa shape index (κ2) is 8.57. The van der Waals surface area contributed by atoms with Gasteiger partial charge in [-0.15, -0.1) is 0 Å². The molecule has 0 amide bonds. The van der Waals surface area contributed by atoms with E-state index in [4.69, 9.17) is 10.5 Å². The quantitative estimate of drug-likeness (QED) is 0.513. The third-order valence-electron chi connectivity index (χ3n) is 3.53. The highest BCUT2D eigenvalue weighted by atomic mass is 16.5. The van der Waals surface area contributed by atoms with Gasteiger partial charge in [0.05, 0.1) is 0 Å². The topological polar surface area (TPSA) is 103 Å². The van der Waals surface area contributed by atoms with Crippen molar-refractivity contribution in [2.24, 2.45) is 0 Å². The zero-order valence-corrected chi connectivity index (χ0v) is 14.8. The molecule has 136 valence electrons. The molecule has 0 saturated heterocycles. The molecule has 0 aliphatic rings. The van der Waals surface area contributed by atoms with Gasteiger partial charge in [-0.3, -0.25) is 0 Å². The van der Waals surface area contributed by atoms with Gasteiger partial charge < -0.3 is 15.8 Å². The number of anilines is 3. The molecule has 0 bridgehead atoms. The Morgan fingerprint density at radius 3 is 2.70 bits per heavy atom. The van der Waals surface area contributed by atoms with E-state index in [-0.39, 0.29) is 24.3 Å². The molecule has 0 spiro atoms. The minimum atomic E-state index is -0.493. The number of nitrogens with zero attached hydrogens (tertiary/aromatic N) is 3. The molecule has 27 heavy (non-hydrogen) atoms. The fourth-order valence-corrected chi connectivity index (χ4v) is 2.33. The van der Waals surface area contributed by atoms with Crippen LogP contribution >= 0.6 is 0 Å². The van der Waals surface area contributed by atoms with E-state index in [0.29, 0.717) is 0 Å². The first-order chi connectivity index (χ1) is 13.1. The molecule has 0 fully saturated rings. The maximum atomic E-state index is 11.9. The number of aryl methyl sites for hydroxylation is 1. The van der Waals surface area contributed by atoms with E-state index in [1.807, 2.05) is 61.5 Å². The average molecular weight is 361 g/mol. The fraction of sp³-hybridized carbons (Fsp3) is 0.100. The van der Waals surface area contributed by atoms with Gasteiger partial charge in [-0.2, -0.15) is 15.0 Å². The highest BCUT2D eigenvalue weighted by Gasteiger charge is 2.07. The van der Waals surface area contributed by atoms with Gasteiger partial charge in [-0.25, -0.2) is 4.79 Å². The smallest absolute Gasteiger partial charge is 0.331 e. The lowest BCUT2D eigenvalue weighted by molar-refractivity contribution is -0.139. The maximum absolute atomic E-state index is 11.9. The molecule has 0 aliphatic heterocycles. The Kier molecular flexibility index (Phi) is 5.73. The van der Waals surface area contributed by atoms with Crippen LogP contribution in [0.4, 0.5) is 17.6 Å². The summed E-state index contributed by atoms with van der Waals surface area (Å²) in [7, 11) is 0. The van der Waals surface area contributed by atoms with Crippen molar-refractivity contribution in [2.45, 2.75) is 13.5 Å². The standard InChI is InChI=1S/C20H19N5O2/c1-14-6-5-7-15(12-14)10-11-18(26)27-13-17-23-19(21)25-20(24-17)22-16-8-3-2-4-9-16/h2-12H,13H2,1H3,(H3,21,22,23,24,25)/b11-10+. The SMILES string of the molecule is Cc1cccc(/C=C/C(=O)OCc2nc(N)nc(Nc3ccccc3)n2)c1. The lowest BCUT2D eigenvalue weighted by Crippen LogP contribution is -2.10. The first kappa shape index (κ1) is 18.1. The van der Waals surface area contributed by atoms with Crippen LogP contribution < -0.4 is 11.1 Å². The van der Waals surface area contributed by atoms with Crippen molar-refractivity contribution < 1.29 is 9.53 Å². The van der Waals surface area contributed by atoms with Crippen molar-refractivity contribution in [3.63, 3.8) is 0 Å². The van der Waals surface area contributed by atoms with Crippen LogP contribution in [-0.2, 0) is 16.1 Å². The maximum Gasteiger partial charge on any atom is 0.331 e. The van der Waals surface area contributed by atoms with Gasteiger partial charge in [-0.05, 0) is 30.7 Å². The normalized spacial score (nSPS) is 10.7. The summed E-state index contributed by atoms with van der Waals surface area (Å²) >= 11 is 0. The Labute approximate surface area is 157 Å². The van der Waals surface area contributed by atoms with E-state index in [1.165, 1.54) is 6.08 Å².